The maximum Gasteiger partial charge on any atom is 0.353 e. The van der Waals surface area contributed by atoms with E-state index >= 15 is 0 Å². The molecule has 144 valence electrons. The van der Waals surface area contributed by atoms with Crippen LogP contribution >= 0.6 is 11.8 Å². The maximum atomic E-state index is 12.2. The number of β-lactam (4-membered cyclic amide) rings is 1. The Balaban J connectivity index is 1.71. The molecule has 3 N–H and O–H groups in total. The van der Waals surface area contributed by atoms with Gasteiger partial charge < -0.3 is 25.3 Å². The molecule has 9 heteroatoms. The number of aliphatic carboxylic acids is 1. The predicted octanol–water partition coefficient (Wildman–Crippen LogP) is -0.164. The lowest BCUT2D eigenvalue weighted by molar-refractivity contribution is -0.161. The highest BCUT2D eigenvalue weighted by atomic mass is 32.2. The van der Waals surface area contributed by atoms with Gasteiger partial charge in [-0.2, -0.15) is 0 Å². The minimum absolute atomic E-state index is 0.00617. The van der Waals surface area contributed by atoms with Crippen molar-refractivity contribution in [2.45, 2.75) is 49.6 Å². The molecule has 26 heavy (non-hydrogen) atoms. The number of amides is 2. The van der Waals surface area contributed by atoms with Crippen LogP contribution < -0.4 is 5.32 Å². The Bertz CT molecular complexity index is 665. The fraction of sp³-hybridized carbons (Fsp3) is 0.706. The second-order valence-corrected chi connectivity index (χ2v) is 8.66. The minimum Gasteiger partial charge on any atom is -0.477 e. The molecule has 3 rings (SSSR count). The first-order valence-electron chi connectivity index (χ1n) is 8.79. The summed E-state index contributed by atoms with van der Waals surface area (Å²) in [6.45, 7) is 2.34. The van der Waals surface area contributed by atoms with E-state index in [9.17, 15) is 24.6 Å². The van der Waals surface area contributed by atoms with Crippen LogP contribution in [0.4, 0.5) is 0 Å². The summed E-state index contributed by atoms with van der Waals surface area (Å²) in [5.74, 6) is -1.93. The van der Waals surface area contributed by atoms with Crippen LogP contribution in [0, 0.1) is 5.92 Å². The average molecular weight is 383 g/mol. The van der Waals surface area contributed by atoms with Crippen LogP contribution in [0.5, 0.6) is 0 Å². The van der Waals surface area contributed by atoms with Gasteiger partial charge in [-0.15, -0.1) is 11.8 Å². The lowest BCUT2D eigenvalue weighted by atomic mass is 9.83. The number of aliphatic hydroxyl groups excluding tert-OH is 1. The van der Waals surface area contributed by atoms with Crippen molar-refractivity contribution < 1.29 is 24.6 Å². The Morgan fingerprint density at radius 2 is 2.12 bits per heavy atom. The Morgan fingerprint density at radius 1 is 1.42 bits per heavy atom. The van der Waals surface area contributed by atoms with Gasteiger partial charge in [0.25, 0.3) is 0 Å². The second-order valence-electron chi connectivity index (χ2n) is 7.27. The number of carbonyl (C=O) groups excluding carboxylic acids is 2. The first-order valence-corrected chi connectivity index (χ1v) is 9.67. The van der Waals surface area contributed by atoms with Gasteiger partial charge in [0.2, 0.25) is 11.8 Å². The number of carboxylic acid groups (broad SMARTS) is 1. The van der Waals surface area contributed by atoms with Crippen molar-refractivity contribution >= 4 is 29.5 Å². The maximum absolute atomic E-state index is 12.2. The molecule has 0 aromatic carbocycles. The number of thioether (sulfide) groups is 1. The molecule has 3 aliphatic rings. The molecule has 3 heterocycles. The predicted molar refractivity (Wildman–Crippen MR) is 96.2 cm³/mol. The van der Waals surface area contributed by atoms with Crippen molar-refractivity contribution in [3.63, 3.8) is 0 Å². The highest BCUT2D eigenvalue weighted by molar-refractivity contribution is 8.03. The first-order chi connectivity index (χ1) is 12.2. The number of fused-ring (bicyclic) bond motifs is 1. The SMILES string of the molecule is CNC(=O)C[C@@H]1C[C@@H](SC2=C(C(=O)O)N3C(=O)[C@H](C(C)O)[C@@H]3C2)CN1C. The van der Waals surface area contributed by atoms with E-state index in [1.807, 2.05) is 7.05 Å². The van der Waals surface area contributed by atoms with Gasteiger partial charge in [-0.05, 0) is 20.4 Å². The van der Waals surface area contributed by atoms with Crippen LogP contribution in [0.15, 0.2) is 10.6 Å². The zero-order valence-electron chi connectivity index (χ0n) is 15.1. The molecular formula is C17H25N3O5S. The molecule has 0 bridgehead atoms. The first kappa shape index (κ1) is 19.2. The Labute approximate surface area is 156 Å². The van der Waals surface area contributed by atoms with E-state index in [0.29, 0.717) is 17.7 Å². The highest BCUT2D eigenvalue weighted by Crippen LogP contribution is 2.49. The van der Waals surface area contributed by atoms with Crippen molar-refractivity contribution in [2.24, 2.45) is 5.92 Å². The van der Waals surface area contributed by atoms with Crippen molar-refractivity contribution in [3.8, 4) is 0 Å². The summed E-state index contributed by atoms with van der Waals surface area (Å²) >= 11 is 1.51. The minimum atomic E-state index is -1.10. The fourth-order valence-electron chi connectivity index (χ4n) is 4.21. The molecule has 2 amide bonds. The van der Waals surface area contributed by atoms with Gasteiger partial charge in [0.05, 0.1) is 18.1 Å². The van der Waals surface area contributed by atoms with E-state index in [4.69, 9.17) is 0 Å². The number of hydrogen-bond donors (Lipinski definition) is 3. The topological polar surface area (TPSA) is 110 Å². The molecule has 8 nitrogen and oxygen atoms in total. The van der Waals surface area contributed by atoms with E-state index in [0.717, 1.165) is 13.0 Å². The lowest BCUT2D eigenvalue weighted by Gasteiger charge is -2.44. The number of hydrogen-bond acceptors (Lipinski definition) is 6. The molecule has 5 atom stereocenters. The van der Waals surface area contributed by atoms with Gasteiger partial charge in [0, 0.05) is 42.6 Å². The van der Waals surface area contributed by atoms with Crippen LogP contribution in [0.1, 0.15) is 26.2 Å². The third-order valence-electron chi connectivity index (χ3n) is 5.55. The molecule has 0 saturated carbocycles. The zero-order valence-corrected chi connectivity index (χ0v) is 16.0. The number of nitrogens with zero attached hydrogens (tertiary/aromatic N) is 2. The molecular weight excluding hydrogens is 358 g/mol. The summed E-state index contributed by atoms with van der Waals surface area (Å²) in [5, 5.41) is 22.2. The average Bonchev–Trinajstić information content (AvgIpc) is 3.05. The van der Waals surface area contributed by atoms with Gasteiger partial charge in [0.15, 0.2) is 0 Å². The lowest BCUT2D eigenvalue weighted by Crippen LogP contribution is -2.61. The van der Waals surface area contributed by atoms with Gasteiger partial charge in [-0.25, -0.2) is 4.79 Å². The zero-order chi connectivity index (χ0) is 19.2. The van der Waals surface area contributed by atoms with Crippen LogP contribution in [0.25, 0.3) is 0 Å². The largest absolute Gasteiger partial charge is 0.477 e. The molecule has 0 radical (unpaired) electrons. The van der Waals surface area contributed by atoms with E-state index < -0.39 is 18.0 Å². The number of rotatable bonds is 6. The second kappa shape index (κ2) is 7.21. The van der Waals surface area contributed by atoms with Crippen LogP contribution in [0.3, 0.4) is 0 Å². The molecule has 0 aromatic heterocycles. The molecule has 0 spiro atoms. The van der Waals surface area contributed by atoms with Crippen molar-refractivity contribution in [3.05, 3.63) is 10.6 Å². The number of nitrogens with one attached hydrogen (secondary N) is 1. The smallest absolute Gasteiger partial charge is 0.353 e. The van der Waals surface area contributed by atoms with E-state index in [-0.39, 0.29) is 34.8 Å². The molecule has 2 fully saturated rings. The molecule has 3 aliphatic heterocycles. The number of aliphatic hydroxyl groups is 1. The monoisotopic (exact) mass is 383 g/mol. The standard InChI is InChI=1S/C17H25N3O5S/c1-8(21)14-11-6-12(15(17(24)25)20(11)16(14)23)26-10-4-9(19(3)7-10)5-13(22)18-2/h8-11,14,21H,4-7H2,1-3H3,(H,18,22)(H,24,25)/t8?,9-,10+,11-,14+/m0/s1. The summed E-state index contributed by atoms with van der Waals surface area (Å²) < 4.78 is 0. The van der Waals surface area contributed by atoms with Crippen LogP contribution in [-0.2, 0) is 14.4 Å². The number of carboxylic acids is 1. The van der Waals surface area contributed by atoms with Crippen molar-refractivity contribution in [1.29, 1.82) is 0 Å². The fourth-order valence-corrected chi connectivity index (χ4v) is 5.80. The number of carbonyl (C=O) groups is 3. The van der Waals surface area contributed by atoms with E-state index in [1.54, 1.807) is 14.0 Å². The van der Waals surface area contributed by atoms with Gasteiger partial charge in [0.1, 0.15) is 5.70 Å². The molecule has 2 saturated heterocycles. The number of likely N-dealkylation sites (tertiary alicyclic amines) is 1. The quantitative estimate of drug-likeness (QED) is 0.547. The summed E-state index contributed by atoms with van der Waals surface area (Å²) in [6.07, 6.45) is 0.918. The summed E-state index contributed by atoms with van der Waals surface area (Å²) in [5.41, 5.74) is 0.0688. The summed E-state index contributed by atoms with van der Waals surface area (Å²) in [6, 6.07) is -0.122. The molecule has 1 unspecified atom stereocenters. The van der Waals surface area contributed by atoms with E-state index in [2.05, 4.69) is 10.2 Å². The Morgan fingerprint density at radius 3 is 2.69 bits per heavy atom. The van der Waals surface area contributed by atoms with Gasteiger partial charge in [-0.1, -0.05) is 0 Å². The third-order valence-corrected chi connectivity index (χ3v) is 6.87. The molecule has 0 aromatic rings. The van der Waals surface area contributed by atoms with Gasteiger partial charge >= 0.3 is 5.97 Å². The Hall–Kier alpha value is -1.58. The highest BCUT2D eigenvalue weighted by Gasteiger charge is 2.57. The Kier molecular flexibility index (Phi) is 5.32. The van der Waals surface area contributed by atoms with Crippen molar-refractivity contribution in [2.75, 3.05) is 20.6 Å². The third kappa shape index (κ3) is 3.23. The van der Waals surface area contributed by atoms with E-state index in [1.165, 1.54) is 16.7 Å². The van der Waals surface area contributed by atoms with Crippen LogP contribution in [-0.4, -0.2) is 81.9 Å². The molecule has 0 aliphatic carbocycles. The van der Waals surface area contributed by atoms with Gasteiger partial charge in [-0.3, -0.25) is 9.59 Å². The van der Waals surface area contributed by atoms with Crippen molar-refractivity contribution in [1.82, 2.24) is 15.1 Å². The van der Waals surface area contributed by atoms with Crippen LogP contribution in [0.2, 0.25) is 0 Å². The summed E-state index contributed by atoms with van der Waals surface area (Å²) in [4.78, 5) is 39.8. The normalized spacial score (nSPS) is 32.5. The summed E-state index contributed by atoms with van der Waals surface area (Å²) in [7, 11) is 3.58.